The lowest BCUT2D eigenvalue weighted by Gasteiger charge is -2.16. The van der Waals surface area contributed by atoms with E-state index in [0.717, 1.165) is 0 Å². The molecule has 0 radical (unpaired) electrons. The molecule has 0 atom stereocenters. The first-order valence-corrected chi connectivity index (χ1v) is 8.88. The van der Waals surface area contributed by atoms with Crippen LogP contribution in [0.25, 0.3) is 0 Å². The second-order valence-corrected chi connectivity index (χ2v) is 6.70. The van der Waals surface area contributed by atoms with Crippen molar-refractivity contribution in [3.05, 3.63) is 0 Å². The van der Waals surface area contributed by atoms with Gasteiger partial charge in [-0.15, -0.1) is 0 Å². The number of unbranched alkanes of at least 4 members (excludes halogenated alkanes) is 2. The van der Waals surface area contributed by atoms with Crippen LogP contribution >= 0.6 is 7.82 Å². The molecule has 0 aliphatic rings. The zero-order chi connectivity index (χ0) is 14.1. The number of hydrogen-bond acceptors (Lipinski definition) is 6. The summed E-state index contributed by atoms with van der Waals surface area (Å²) < 4.78 is 56.0. The summed E-state index contributed by atoms with van der Waals surface area (Å²) in [5.74, 6) is -0.276. The van der Waals surface area contributed by atoms with E-state index in [4.69, 9.17) is 18.1 Å². The third-order valence-corrected chi connectivity index (χ3v) is 4.32. The van der Waals surface area contributed by atoms with E-state index in [1.165, 1.54) is 0 Å². The molecule has 0 unspecified atom stereocenters. The molecule has 0 amide bonds. The summed E-state index contributed by atoms with van der Waals surface area (Å²) in [4.78, 5) is 0. The van der Waals surface area contributed by atoms with Gasteiger partial charge in [0.05, 0.1) is 25.6 Å². The molecule has 7 nitrogen and oxygen atoms in total. The van der Waals surface area contributed by atoms with Gasteiger partial charge in [0.15, 0.2) is 0 Å². The molecule has 0 heterocycles. The van der Waals surface area contributed by atoms with Crippen LogP contribution in [0.3, 0.4) is 0 Å². The minimum atomic E-state index is -3.90. The van der Waals surface area contributed by atoms with Gasteiger partial charge < -0.3 is 0 Å². The van der Waals surface area contributed by atoms with Crippen LogP contribution in [0.2, 0.25) is 0 Å². The highest BCUT2D eigenvalue weighted by Gasteiger charge is 2.24. The van der Waals surface area contributed by atoms with Crippen molar-refractivity contribution in [1.29, 1.82) is 0 Å². The molecule has 110 valence electrons. The molecular weight excluding hydrogens is 283 g/mol. The zero-order valence-electron chi connectivity index (χ0n) is 10.7. The molecule has 9 heteroatoms. The molecule has 0 aliphatic heterocycles. The molecule has 0 fully saturated rings. The Balaban J connectivity index is 3.77. The first kappa shape index (κ1) is 18.0. The Morgan fingerprint density at radius 3 is 2.00 bits per heavy atom. The van der Waals surface area contributed by atoms with Gasteiger partial charge in [0.2, 0.25) is 0 Å². The van der Waals surface area contributed by atoms with Gasteiger partial charge in [-0.25, -0.2) is 4.57 Å². The third kappa shape index (κ3) is 9.99. The lowest BCUT2D eigenvalue weighted by atomic mass is 10.3. The number of phosphoric ester groups is 1. The highest BCUT2D eigenvalue weighted by atomic mass is 32.2. The van der Waals surface area contributed by atoms with Crippen molar-refractivity contribution in [1.82, 2.24) is 0 Å². The fourth-order valence-electron chi connectivity index (χ4n) is 1.17. The SMILES string of the molecule is CCOP(=O)(OCC)OCCCCCS(=O)(=O)O. The second-order valence-electron chi connectivity index (χ2n) is 3.46. The highest BCUT2D eigenvalue weighted by molar-refractivity contribution is 7.85. The van der Waals surface area contributed by atoms with Crippen LogP contribution in [0.15, 0.2) is 0 Å². The quantitative estimate of drug-likeness (QED) is 0.355. The van der Waals surface area contributed by atoms with Crippen LogP contribution in [0.4, 0.5) is 0 Å². The van der Waals surface area contributed by atoms with Crippen LogP contribution in [0, 0.1) is 0 Å². The van der Waals surface area contributed by atoms with E-state index < -0.39 is 17.9 Å². The average molecular weight is 304 g/mol. The Labute approximate surface area is 108 Å². The lowest BCUT2D eigenvalue weighted by Crippen LogP contribution is -2.05. The van der Waals surface area contributed by atoms with E-state index in [9.17, 15) is 13.0 Å². The summed E-state index contributed by atoms with van der Waals surface area (Å²) in [5, 5.41) is 0. The molecule has 1 N–H and O–H groups in total. The van der Waals surface area contributed by atoms with E-state index in [1.54, 1.807) is 13.8 Å². The minimum Gasteiger partial charge on any atom is -0.287 e. The molecule has 0 spiro atoms. The Bertz CT molecular complexity index is 344. The van der Waals surface area contributed by atoms with E-state index in [1.807, 2.05) is 0 Å². The number of phosphoric acid groups is 1. The Hall–Kier alpha value is 0.0200. The summed E-state index contributed by atoms with van der Waals surface area (Å²) >= 11 is 0. The minimum absolute atomic E-state index is 0.156. The summed E-state index contributed by atoms with van der Waals surface area (Å²) in [6.45, 7) is 3.96. The topological polar surface area (TPSA) is 99.1 Å². The molecule has 0 aromatic heterocycles. The molecule has 0 saturated heterocycles. The van der Waals surface area contributed by atoms with Crippen LogP contribution in [0.1, 0.15) is 33.1 Å². The molecule has 0 aromatic carbocycles. The molecule has 18 heavy (non-hydrogen) atoms. The maximum Gasteiger partial charge on any atom is 0.474 e. The summed E-state index contributed by atoms with van der Waals surface area (Å²) in [6.07, 6.45) is 1.38. The highest BCUT2D eigenvalue weighted by Crippen LogP contribution is 2.49. The lowest BCUT2D eigenvalue weighted by molar-refractivity contribution is 0.120. The van der Waals surface area contributed by atoms with Crippen LogP contribution in [-0.2, 0) is 28.3 Å². The zero-order valence-corrected chi connectivity index (χ0v) is 12.4. The van der Waals surface area contributed by atoms with Gasteiger partial charge in [0.1, 0.15) is 0 Å². The van der Waals surface area contributed by atoms with Gasteiger partial charge in [-0.3, -0.25) is 18.1 Å². The van der Waals surface area contributed by atoms with E-state index in [0.29, 0.717) is 19.3 Å². The fraction of sp³-hybridized carbons (Fsp3) is 1.00. The number of hydrogen-bond donors (Lipinski definition) is 1. The van der Waals surface area contributed by atoms with Crippen molar-refractivity contribution >= 4 is 17.9 Å². The molecule has 0 rings (SSSR count). The standard InChI is InChI=1S/C9H21O7PS/c1-3-14-17(10,15-4-2)16-8-6-5-7-9-18(11,12)13/h3-9H2,1-2H3,(H,11,12,13). The van der Waals surface area contributed by atoms with Gasteiger partial charge in [-0.05, 0) is 26.7 Å². The van der Waals surface area contributed by atoms with E-state index in [2.05, 4.69) is 0 Å². The van der Waals surface area contributed by atoms with Gasteiger partial charge in [-0.1, -0.05) is 6.42 Å². The maximum absolute atomic E-state index is 11.8. The van der Waals surface area contributed by atoms with Crippen molar-refractivity contribution in [2.45, 2.75) is 33.1 Å². The van der Waals surface area contributed by atoms with Crippen molar-refractivity contribution in [3.63, 3.8) is 0 Å². The van der Waals surface area contributed by atoms with Gasteiger partial charge in [0.25, 0.3) is 10.1 Å². The van der Waals surface area contributed by atoms with E-state index >= 15 is 0 Å². The van der Waals surface area contributed by atoms with Gasteiger partial charge >= 0.3 is 7.82 Å². The van der Waals surface area contributed by atoms with Crippen molar-refractivity contribution in [3.8, 4) is 0 Å². The normalized spacial score (nSPS) is 12.8. The largest absolute Gasteiger partial charge is 0.474 e. The third-order valence-electron chi connectivity index (χ3n) is 1.87. The predicted molar refractivity (Wildman–Crippen MR) is 67.1 cm³/mol. The molecule has 0 aromatic rings. The monoisotopic (exact) mass is 304 g/mol. The molecule has 0 bridgehead atoms. The van der Waals surface area contributed by atoms with E-state index in [-0.39, 0.29) is 25.6 Å². The van der Waals surface area contributed by atoms with Gasteiger partial charge in [0, 0.05) is 0 Å². The Kier molecular flexibility index (Phi) is 9.02. The van der Waals surface area contributed by atoms with Gasteiger partial charge in [-0.2, -0.15) is 8.42 Å². The molecular formula is C9H21O7PS. The van der Waals surface area contributed by atoms with Crippen LogP contribution in [-0.4, -0.2) is 38.5 Å². The summed E-state index contributed by atoms with van der Waals surface area (Å²) in [5.41, 5.74) is 0. The first-order chi connectivity index (χ1) is 8.33. The first-order valence-electron chi connectivity index (χ1n) is 5.82. The van der Waals surface area contributed by atoms with Crippen LogP contribution in [0.5, 0.6) is 0 Å². The Morgan fingerprint density at radius 1 is 1.00 bits per heavy atom. The smallest absolute Gasteiger partial charge is 0.287 e. The summed E-state index contributed by atoms with van der Waals surface area (Å²) in [6, 6.07) is 0. The molecule has 0 aliphatic carbocycles. The number of rotatable bonds is 11. The van der Waals surface area contributed by atoms with Crippen molar-refractivity contribution < 1.29 is 31.1 Å². The maximum atomic E-state index is 11.8. The Morgan fingerprint density at radius 2 is 1.56 bits per heavy atom. The average Bonchev–Trinajstić information content (AvgIpc) is 2.22. The van der Waals surface area contributed by atoms with Crippen LogP contribution < -0.4 is 0 Å². The second kappa shape index (κ2) is 9.01. The van der Waals surface area contributed by atoms with Crippen molar-refractivity contribution in [2.75, 3.05) is 25.6 Å². The molecule has 0 saturated carbocycles. The fourth-order valence-corrected chi connectivity index (χ4v) is 2.95. The van der Waals surface area contributed by atoms with Crippen molar-refractivity contribution in [2.24, 2.45) is 0 Å². The predicted octanol–water partition coefficient (Wildman–Crippen LogP) is 2.24. The summed E-state index contributed by atoms with van der Waals surface area (Å²) in [7, 11) is -7.37.